The van der Waals surface area contributed by atoms with Crippen LogP contribution in [0.5, 0.6) is 5.75 Å². The lowest BCUT2D eigenvalue weighted by molar-refractivity contribution is -0.263. The highest BCUT2D eigenvalue weighted by molar-refractivity contribution is 5.67. The normalized spacial score (nSPS) is 26.1. The van der Waals surface area contributed by atoms with Crippen molar-refractivity contribution in [1.82, 2.24) is 0 Å². The van der Waals surface area contributed by atoms with Gasteiger partial charge in [-0.15, -0.1) is 0 Å². The molecule has 0 unspecified atom stereocenters. The Morgan fingerprint density at radius 1 is 1.07 bits per heavy atom. The first-order chi connectivity index (χ1) is 13.2. The quantitative estimate of drug-likeness (QED) is 0.731. The molecule has 9 nitrogen and oxygen atoms in total. The molecule has 0 bridgehead atoms. The summed E-state index contributed by atoms with van der Waals surface area (Å²) in [4.78, 5) is 39.3. The largest absolute Gasteiger partial charge is 0.460 e. The Morgan fingerprint density at radius 2 is 1.61 bits per heavy atom. The van der Waals surface area contributed by atoms with Crippen LogP contribution in [0.2, 0.25) is 0 Å². The highest BCUT2D eigenvalue weighted by Gasteiger charge is 2.47. The molecule has 28 heavy (non-hydrogen) atoms. The van der Waals surface area contributed by atoms with Gasteiger partial charge in [-0.05, 0) is 13.0 Å². The number of hydrogen-bond acceptors (Lipinski definition) is 9. The molecule has 5 atom stereocenters. The number of carbonyl (C=O) groups is 2. The molecule has 154 valence electrons. The lowest BCUT2D eigenvalue weighted by Gasteiger charge is -2.43. The van der Waals surface area contributed by atoms with E-state index in [1.165, 1.54) is 13.8 Å². The van der Waals surface area contributed by atoms with E-state index in [0.717, 1.165) is 0 Å². The predicted molar refractivity (Wildman–Crippen MR) is 92.6 cm³/mol. The Labute approximate surface area is 162 Å². The summed E-state index contributed by atoms with van der Waals surface area (Å²) >= 11 is 0. The zero-order valence-corrected chi connectivity index (χ0v) is 16.1. The fourth-order valence-electron chi connectivity index (χ4n) is 2.78. The molecule has 1 saturated heterocycles. The van der Waals surface area contributed by atoms with Crippen molar-refractivity contribution in [3.05, 3.63) is 29.8 Å². The van der Waals surface area contributed by atoms with E-state index in [4.69, 9.17) is 28.5 Å². The predicted octanol–water partition coefficient (Wildman–Crippen LogP) is 1.22. The molecule has 1 aromatic rings. The van der Waals surface area contributed by atoms with Gasteiger partial charge in [0.05, 0.1) is 12.7 Å². The molecule has 0 amide bonds. The van der Waals surface area contributed by atoms with Gasteiger partial charge >= 0.3 is 18.1 Å². The van der Waals surface area contributed by atoms with Gasteiger partial charge in [0.1, 0.15) is 11.9 Å². The number of esters is 2. The smallest absolute Gasteiger partial charge is 0.373 e. The van der Waals surface area contributed by atoms with Gasteiger partial charge in [0.15, 0.2) is 0 Å². The monoisotopic (exact) mass is 396 g/mol. The first kappa shape index (κ1) is 23.3. The maximum Gasteiger partial charge on any atom is 0.373 e. The van der Waals surface area contributed by atoms with Gasteiger partial charge in [-0.25, -0.2) is 0 Å². The van der Waals surface area contributed by atoms with Gasteiger partial charge in [-0.1, -0.05) is 25.1 Å². The first-order valence-electron chi connectivity index (χ1n) is 8.59. The molecule has 2 rings (SSSR count). The molecule has 1 aliphatic heterocycles. The summed E-state index contributed by atoms with van der Waals surface area (Å²) in [5, 5.41) is 9.45. The third-order valence-electron chi connectivity index (χ3n) is 4.19. The molecule has 1 aromatic carbocycles. The highest BCUT2D eigenvalue weighted by Crippen LogP contribution is 2.32. The zero-order chi connectivity index (χ0) is 21.3. The molecule has 0 aromatic heterocycles. The van der Waals surface area contributed by atoms with E-state index < -0.39 is 30.4 Å². The minimum atomic E-state index is -0.966. The summed E-state index contributed by atoms with van der Waals surface area (Å²) in [5.74, 6) is -0.786. The van der Waals surface area contributed by atoms with Crippen LogP contribution < -0.4 is 4.74 Å². The second-order valence-corrected chi connectivity index (χ2v) is 6.18. The fourth-order valence-corrected chi connectivity index (χ4v) is 2.78. The summed E-state index contributed by atoms with van der Waals surface area (Å²) in [6.45, 7) is 6.05. The van der Waals surface area contributed by atoms with Gasteiger partial charge in [-0.3, -0.25) is 9.59 Å². The molecule has 0 radical (unpaired) electrons. The fraction of sp³-hybridized carbons (Fsp3) is 0.526. The second-order valence-electron chi connectivity index (χ2n) is 6.18. The van der Waals surface area contributed by atoms with Gasteiger partial charge in [0.25, 0.3) is 0 Å². The van der Waals surface area contributed by atoms with E-state index >= 15 is 0 Å². The molecule has 1 aliphatic rings. The van der Waals surface area contributed by atoms with Crippen LogP contribution in [0.3, 0.4) is 0 Å². The molecular weight excluding hydrogens is 372 g/mol. The maximum atomic E-state index is 11.5. The Morgan fingerprint density at radius 3 is 2.14 bits per heavy atom. The maximum absolute atomic E-state index is 11.5. The van der Waals surface area contributed by atoms with Crippen LogP contribution in [-0.2, 0) is 40.0 Å². The van der Waals surface area contributed by atoms with E-state index in [0.29, 0.717) is 11.3 Å². The Kier molecular flexibility index (Phi) is 9.31. The number of para-hydroxylation sites is 1. The van der Waals surface area contributed by atoms with Crippen molar-refractivity contribution < 1.29 is 43.2 Å². The molecule has 1 fully saturated rings. The van der Waals surface area contributed by atoms with Crippen molar-refractivity contribution in [2.75, 3.05) is 0 Å². The lowest BCUT2D eigenvalue weighted by Crippen LogP contribution is -2.57. The summed E-state index contributed by atoms with van der Waals surface area (Å²) in [5.41, 5.74) is 0.572. The summed E-state index contributed by atoms with van der Waals surface area (Å²) in [6.07, 6.45) is -2.62. The van der Waals surface area contributed by atoms with Gasteiger partial charge in [0, 0.05) is 25.3 Å². The molecule has 1 heterocycles. The highest BCUT2D eigenvalue weighted by atomic mass is 16.7. The van der Waals surface area contributed by atoms with Crippen LogP contribution in [0.4, 0.5) is 0 Å². The topological polar surface area (TPSA) is 125 Å². The lowest BCUT2D eigenvalue weighted by atomic mass is 9.91. The zero-order valence-electron chi connectivity index (χ0n) is 16.1. The van der Waals surface area contributed by atoms with Crippen molar-refractivity contribution in [1.29, 1.82) is 0 Å². The van der Waals surface area contributed by atoms with Crippen LogP contribution in [0.15, 0.2) is 24.3 Å². The molecular formula is C19H24O9. The second kappa shape index (κ2) is 11.2. The van der Waals surface area contributed by atoms with Crippen molar-refractivity contribution in [2.24, 2.45) is 5.92 Å². The van der Waals surface area contributed by atoms with Crippen LogP contribution in [0.1, 0.15) is 33.3 Å². The van der Waals surface area contributed by atoms with Crippen LogP contribution in [-0.4, -0.2) is 47.8 Å². The van der Waals surface area contributed by atoms with Gasteiger partial charge in [0.2, 0.25) is 12.4 Å². The molecule has 0 saturated carbocycles. The van der Waals surface area contributed by atoms with E-state index in [-0.39, 0.29) is 24.8 Å². The van der Waals surface area contributed by atoms with Gasteiger partial charge < -0.3 is 24.1 Å². The first-order valence-corrected chi connectivity index (χ1v) is 8.59. The Bertz CT molecular complexity index is 696. The van der Waals surface area contributed by atoms with Crippen LogP contribution >= 0.6 is 0 Å². The summed E-state index contributed by atoms with van der Waals surface area (Å²) < 4.78 is 22.5. The van der Waals surface area contributed by atoms with Crippen molar-refractivity contribution >= 4 is 18.1 Å². The van der Waals surface area contributed by atoms with Crippen molar-refractivity contribution in [3.8, 4) is 5.75 Å². The van der Waals surface area contributed by atoms with E-state index in [9.17, 15) is 14.7 Å². The number of aliphatic hydroxyl groups excluding tert-OH is 1. The molecule has 1 N–H and O–H groups in total. The Balaban J connectivity index is 0.00000122. The SMILES string of the molecule is CC(=O)O[C@H]1[C@H](Oc2ccccc2CO)O[C@H](C)[C@@H](C)[C@@H]1OC(C)=O.O=C=O. The summed E-state index contributed by atoms with van der Waals surface area (Å²) in [7, 11) is 0. The van der Waals surface area contributed by atoms with E-state index in [1.807, 2.05) is 13.8 Å². The molecule has 0 spiro atoms. The minimum absolute atomic E-state index is 0.193. The van der Waals surface area contributed by atoms with Crippen molar-refractivity contribution in [2.45, 2.75) is 58.9 Å². The van der Waals surface area contributed by atoms with Crippen molar-refractivity contribution in [3.63, 3.8) is 0 Å². The number of carbonyl (C=O) groups excluding carboxylic acids is 4. The third kappa shape index (κ3) is 6.45. The average molecular weight is 396 g/mol. The van der Waals surface area contributed by atoms with Crippen LogP contribution in [0.25, 0.3) is 0 Å². The molecule has 9 heteroatoms. The van der Waals surface area contributed by atoms with E-state index in [2.05, 4.69) is 0 Å². The number of rotatable bonds is 5. The van der Waals surface area contributed by atoms with E-state index in [1.54, 1.807) is 24.3 Å². The number of benzene rings is 1. The standard InChI is InChI=1S/C18H24O7.CO2/c1-10-11(2)22-18(25-15-8-6-5-7-14(15)9-19)17(24-13(4)21)16(10)23-12(3)20;2-1-3/h5-8,10-11,16-19H,9H2,1-4H3;/t10-,11-,16+,17-,18+;/m1./s1. The molecule has 0 aliphatic carbocycles. The number of hydrogen-bond donors (Lipinski definition) is 1. The third-order valence-corrected chi connectivity index (χ3v) is 4.19. The average Bonchev–Trinajstić information content (AvgIpc) is 2.63. The minimum Gasteiger partial charge on any atom is -0.460 e. The number of aliphatic hydroxyl groups is 1. The summed E-state index contributed by atoms with van der Waals surface area (Å²) in [6, 6.07) is 6.93. The number of ether oxygens (including phenoxy) is 4. The van der Waals surface area contributed by atoms with Crippen LogP contribution in [0, 0.1) is 5.92 Å². The van der Waals surface area contributed by atoms with Gasteiger partial charge in [-0.2, -0.15) is 9.59 Å². The Hall–Kier alpha value is -2.74.